The Bertz CT molecular complexity index is 223. The Morgan fingerprint density at radius 2 is 1.54 bits per heavy atom. The van der Waals surface area contributed by atoms with E-state index in [0.717, 1.165) is 0 Å². The van der Waals surface area contributed by atoms with E-state index in [1.165, 1.54) is 0 Å². The molecule has 0 saturated heterocycles. The summed E-state index contributed by atoms with van der Waals surface area (Å²) in [4.78, 5) is 4.52. The van der Waals surface area contributed by atoms with Crippen molar-refractivity contribution in [2.45, 2.75) is 12.4 Å². The molecule has 0 bridgehead atoms. The van der Waals surface area contributed by atoms with Gasteiger partial charge in [0.2, 0.25) is 6.71 Å². The van der Waals surface area contributed by atoms with Crippen molar-refractivity contribution in [2.24, 2.45) is 0 Å². The Morgan fingerprint density at radius 3 is 1.85 bits per heavy atom. The lowest BCUT2D eigenvalue weighted by molar-refractivity contribution is 0.124. The van der Waals surface area contributed by atoms with Gasteiger partial charge in [-0.15, -0.1) is 5.98 Å². The van der Waals surface area contributed by atoms with Crippen molar-refractivity contribution in [3.8, 4) is 0 Å². The highest BCUT2D eigenvalue weighted by Gasteiger charge is 2.39. The normalized spacial score (nSPS) is 20.4. The second-order valence-electron chi connectivity index (χ2n) is 4.10. The molecule has 0 unspecified atom stereocenters. The maximum Gasteiger partial charge on any atom is 0.210 e. The molecule has 72 valence electrons. The van der Waals surface area contributed by atoms with Gasteiger partial charge in [-0.05, 0) is 28.2 Å². The summed E-state index contributed by atoms with van der Waals surface area (Å²) >= 11 is 0. The van der Waals surface area contributed by atoms with Gasteiger partial charge in [0.05, 0.1) is 5.56 Å². The van der Waals surface area contributed by atoms with Crippen molar-refractivity contribution in [3.05, 3.63) is 24.2 Å². The van der Waals surface area contributed by atoms with E-state index < -0.39 is 0 Å². The van der Waals surface area contributed by atoms with Crippen molar-refractivity contribution in [1.29, 1.82) is 0 Å². The smallest absolute Gasteiger partial charge is 0.210 e. The lowest BCUT2D eigenvalue weighted by atomic mass is 9.40. The minimum atomic E-state index is 0.0365. The third kappa shape index (κ3) is 1.58. The molecule has 1 aliphatic heterocycles. The molecule has 0 N–H and O–H groups in total. The Hall–Kier alpha value is -0.535. The van der Waals surface area contributed by atoms with Crippen molar-refractivity contribution in [3.63, 3.8) is 0 Å². The standard InChI is InChI=1S/C10H19BN2/c1-11-9-7-6-8-10(11,12(2)3)13(4)5/h6-9H,1-5H3. The summed E-state index contributed by atoms with van der Waals surface area (Å²) in [6.45, 7) is 2.77. The molecule has 3 heteroatoms. The molecule has 0 saturated carbocycles. The van der Waals surface area contributed by atoms with Crippen LogP contribution in [0.5, 0.6) is 0 Å². The van der Waals surface area contributed by atoms with Gasteiger partial charge in [0.15, 0.2) is 0 Å². The van der Waals surface area contributed by atoms with Gasteiger partial charge in [-0.25, -0.2) is 0 Å². The maximum atomic E-state index is 2.26. The van der Waals surface area contributed by atoms with E-state index in [-0.39, 0.29) is 5.56 Å². The van der Waals surface area contributed by atoms with E-state index in [2.05, 4.69) is 69.0 Å². The van der Waals surface area contributed by atoms with Crippen LogP contribution in [0.4, 0.5) is 0 Å². The molecule has 1 rings (SSSR count). The topological polar surface area (TPSA) is 6.48 Å². The Balaban J connectivity index is 3.03. The number of hydrogen-bond acceptors (Lipinski definition) is 2. The fourth-order valence-corrected chi connectivity index (χ4v) is 2.23. The van der Waals surface area contributed by atoms with Crippen molar-refractivity contribution >= 4 is 6.71 Å². The van der Waals surface area contributed by atoms with Gasteiger partial charge >= 0.3 is 0 Å². The number of allylic oxidation sites excluding steroid dienone is 2. The first-order valence-corrected chi connectivity index (χ1v) is 4.72. The molecule has 1 heterocycles. The Labute approximate surface area is 82.0 Å². The first-order chi connectivity index (χ1) is 6.01. The van der Waals surface area contributed by atoms with Crippen molar-refractivity contribution < 1.29 is 0 Å². The predicted octanol–water partition coefficient (Wildman–Crippen LogP) is 1.13. The van der Waals surface area contributed by atoms with Crippen LogP contribution in [0.3, 0.4) is 0 Å². The summed E-state index contributed by atoms with van der Waals surface area (Å²) in [5.41, 5.74) is 0.0365. The highest BCUT2D eigenvalue weighted by Crippen LogP contribution is 2.24. The van der Waals surface area contributed by atoms with Gasteiger partial charge in [0, 0.05) is 0 Å². The van der Waals surface area contributed by atoms with E-state index in [9.17, 15) is 0 Å². The highest BCUT2D eigenvalue weighted by molar-refractivity contribution is 6.67. The number of hydrogen-bond donors (Lipinski definition) is 0. The first-order valence-electron chi connectivity index (χ1n) is 4.72. The molecule has 0 aromatic rings. The maximum absolute atomic E-state index is 2.26. The van der Waals surface area contributed by atoms with Gasteiger partial charge in [-0.2, -0.15) is 0 Å². The SMILES string of the molecule is CB1C=CC=CC1(N(C)C)N(C)C. The molecule has 0 spiro atoms. The predicted molar refractivity (Wildman–Crippen MR) is 60.0 cm³/mol. The molecular formula is C10H19BN2. The number of likely N-dealkylation sites (N-methyl/N-ethyl adjacent to an activating group) is 2. The van der Waals surface area contributed by atoms with Crippen LogP contribution in [-0.4, -0.2) is 50.3 Å². The van der Waals surface area contributed by atoms with Crippen molar-refractivity contribution in [2.75, 3.05) is 28.2 Å². The molecule has 0 aromatic carbocycles. The zero-order valence-corrected chi connectivity index (χ0v) is 9.28. The summed E-state index contributed by atoms with van der Waals surface area (Å²) in [5, 5.41) is 0. The molecule has 2 nitrogen and oxygen atoms in total. The molecular weight excluding hydrogens is 159 g/mol. The molecule has 0 fully saturated rings. The van der Waals surface area contributed by atoms with Gasteiger partial charge in [0.25, 0.3) is 0 Å². The second kappa shape index (κ2) is 3.68. The van der Waals surface area contributed by atoms with Crippen LogP contribution < -0.4 is 0 Å². The molecule has 0 aromatic heterocycles. The fourth-order valence-electron chi connectivity index (χ4n) is 2.23. The molecule has 0 amide bonds. The number of rotatable bonds is 2. The fraction of sp³-hybridized carbons (Fsp3) is 0.600. The summed E-state index contributed by atoms with van der Waals surface area (Å²) in [5.74, 6) is 2.25. The zero-order valence-electron chi connectivity index (χ0n) is 9.28. The zero-order chi connectivity index (χ0) is 10.1. The highest BCUT2D eigenvalue weighted by atomic mass is 15.3. The van der Waals surface area contributed by atoms with Crippen LogP contribution in [-0.2, 0) is 0 Å². The number of nitrogens with zero attached hydrogens (tertiary/aromatic N) is 2. The summed E-state index contributed by atoms with van der Waals surface area (Å²) in [7, 11) is 8.50. The quantitative estimate of drug-likeness (QED) is 0.462. The van der Waals surface area contributed by atoms with Crippen LogP contribution in [0.25, 0.3) is 0 Å². The van der Waals surface area contributed by atoms with Crippen LogP contribution >= 0.6 is 0 Å². The van der Waals surface area contributed by atoms with Crippen LogP contribution in [0.2, 0.25) is 6.82 Å². The lowest BCUT2D eigenvalue weighted by Gasteiger charge is -2.46. The van der Waals surface area contributed by atoms with Crippen LogP contribution in [0.1, 0.15) is 0 Å². The first kappa shape index (κ1) is 10.5. The Morgan fingerprint density at radius 1 is 1.00 bits per heavy atom. The average Bonchev–Trinajstić information content (AvgIpc) is 2.04. The average molecular weight is 178 g/mol. The Kier molecular flexibility index (Phi) is 2.99. The minimum absolute atomic E-state index is 0.0365. The molecule has 0 atom stereocenters. The largest absolute Gasteiger partial charge is 0.295 e. The van der Waals surface area contributed by atoms with Gasteiger partial charge in [-0.3, -0.25) is 9.80 Å². The summed E-state index contributed by atoms with van der Waals surface area (Å²) < 4.78 is 0. The third-order valence-electron chi connectivity index (χ3n) is 2.96. The van der Waals surface area contributed by atoms with Gasteiger partial charge in [-0.1, -0.05) is 25.1 Å². The van der Waals surface area contributed by atoms with Crippen molar-refractivity contribution in [1.82, 2.24) is 9.80 Å². The van der Waals surface area contributed by atoms with E-state index in [1.807, 2.05) is 0 Å². The summed E-state index contributed by atoms with van der Waals surface area (Å²) in [6.07, 6.45) is 6.51. The molecule has 0 aliphatic carbocycles. The molecule has 1 aliphatic rings. The third-order valence-corrected chi connectivity index (χ3v) is 2.96. The monoisotopic (exact) mass is 178 g/mol. The molecule has 0 radical (unpaired) electrons. The van der Waals surface area contributed by atoms with Crippen LogP contribution in [0.15, 0.2) is 24.2 Å². The lowest BCUT2D eigenvalue weighted by Crippen LogP contribution is -2.62. The minimum Gasteiger partial charge on any atom is -0.295 e. The molecule has 13 heavy (non-hydrogen) atoms. The summed E-state index contributed by atoms with van der Waals surface area (Å²) in [6, 6.07) is 0. The van der Waals surface area contributed by atoms with E-state index in [0.29, 0.717) is 6.71 Å². The van der Waals surface area contributed by atoms with Crippen LogP contribution in [0, 0.1) is 0 Å². The van der Waals surface area contributed by atoms with E-state index in [4.69, 9.17) is 0 Å². The van der Waals surface area contributed by atoms with Gasteiger partial charge < -0.3 is 0 Å². The second-order valence-corrected chi connectivity index (χ2v) is 4.10. The van der Waals surface area contributed by atoms with E-state index >= 15 is 0 Å². The van der Waals surface area contributed by atoms with Gasteiger partial charge in [0.1, 0.15) is 0 Å². The van der Waals surface area contributed by atoms with E-state index in [1.54, 1.807) is 0 Å².